The summed E-state index contributed by atoms with van der Waals surface area (Å²) >= 11 is 1.68. The number of hydrogen-bond donors (Lipinski definition) is 1. The van der Waals surface area contributed by atoms with E-state index in [2.05, 4.69) is 25.8 Å². The SMILES string of the molecule is CC(C)(C)[C@@H]1CCc2c(sc3nc(CCC(=O)N4CCCCC4)[nH]c(=O)c23)C1. The van der Waals surface area contributed by atoms with Crippen molar-refractivity contribution in [1.82, 2.24) is 14.9 Å². The highest BCUT2D eigenvalue weighted by atomic mass is 32.1. The molecule has 28 heavy (non-hydrogen) atoms. The lowest BCUT2D eigenvalue weighted by atomic mass is 9.72. The zero-order chi connectivity index (χ0) is 19.9. The Balaban J connectivity index is 1.53. The van der Waals surface area contributed by atoms with Crippen molar-refractivity contribution in [2.75, 3.05) is 13.1 Å². The van der Waals surface area contributed by atoms with E-state index >= 15 is 0 Å². The number of piperidine rings is 1. The standard InChI is InChI=1S/C22H31N3O2S/c1-22(2,3)14-7-8-15-16(13-14)28-21-19(15)20(27)23-17(24-21)9-10-18(26)25-11-5-4-6-12-25/h14H,4-13H2,1-3H3,(H,23,24,27)/t14-/m1/s1. The molecule has 3 heterocycles. The lowest BCUT2D eigenvalue weighted by molar-refractivity contribution is -0.132. The molecule has 2 aromatic rings. The molecule has 0 spiro atoms. The van der Waals surface area contributed by atoms with E-state index in [9.17, 15) is 9.59 Å². The molecule has 1 amide bonds. The van der Waals surface area contributed by atoms with Crippen molar-refractivity contribution < 1.29 is 4.79 Å². The molecule has 2 aromatic heterocycles. The van der Waals surface area contributed by atoms with Gasteiger partial charge < -0.3 is 9.88 Å². The summed E-state index contributed by atoms with van der Waals surface area (Å²) in [6.07, 6.45) is 7.49. The molecule has 1 fully saturated rings. The summed E-state index contributed by atoms with van der Waals surface area (Å²) < 4.78 is 0. The molecular weight excluding hydrogens is 370 g/mol. The summed E-state index contributed by atoms with van der Waals surface area (Å²) in [6.45, 7) is 8.65. The summed E-state index contributed by atoms with van der Waals surface area (Å²) in [6, 6.07) is 0. The minimum absolute atomic E-state index is 0.0304. The first kappa shape index (κ1) is 19.6. The Labute approximate surface area is 170 Å². The molecule has 0 aromatic carbocycles. The van der Waals surface area contributed by atoms with Crippen molar-refractivity contribution in [3.8, 4) is 0 Å². The van der Waals surface area contributed by atoms with E-state index in [1.54, 1.807) is 11.3 Å². The normalized spacial score (nSPS) is 20.4. The highest BCUT2D eigenvalue weighted by molar-refractivity contribution is 7.18. The van der Waals surface area contributed by atoms with E-state index in [0.29, 0.717) is 24.6 Å². The number of aromatic nitrogens is 2. The van der Waals surface area contributed by atoms with E-state index in [1.807, 2.05) is 4.90 Å². The molecule has 1 N–H and O–H groups in total. The lowest BCUT2D eigenvalue weighted by Gasteiger charge is -2.33. The average molecular weight is 402 g/mol. The van der Waals surface area contributed by atoms with Crippen LogP contribution in [-0.4, -0.2) is 33.9 Å². The predicted octanol–water partition coefficient (Wildman–Crippen LogP) is 4.08. The molecule has 2 aliphatic rings. The Morgan fingerprint density at radius 1 is 1.25 bits per heavy atom. The number of H-pyrrole nitrogens is 1. The Morgan fingerprint density at radius 2 is 2.00 bits per heavy atom. The topological polar surface area (TPSA) is 66.1 Å². The molecule has 0 unspecified atom stereocenters. The first-order valence-corrected chi connectivity index (χ1v) is 11.5. The van der Waals surface area contributed by atoms with Crippen molar-refractivity contribution in [2.24, 2.45) is 11.3 Å². The Bertz CT molecular complexity index is 932. The van der Waals surface area contributed by atoms with Gasteiger partial charge in [0.05, 0.1) is 5.39 Å². The number of fused-ring (bicyclic) bond motifs is 3. The molecule has 1 aliphatic carbocycles. The lowest BCUT2D eigenvalue weighted by Crippen LogP contribution is -2.35. The minimum Gasteiger partial charge on any atom is -0.343 e. The van der Waals surface area contributed by atoms with Gasteiger partial charge in [0.15, 0.2) is 0 Å². The maximum atomic E-state index is 12.8. The molecule has 1 aliphatic heterocycles. The summed E-state index contributed by atoms with van der Waals surface area (Å²) in [5, 5.41) is 0.790. The van der Waals surface area contributed by atoms with E-state index < -0.39 is 0 Å². The molecule has 0 bridgehead atoms. The van der Waals surface area contributed by atoms with Gasteiger partial charge in [-0.1, -0.05) is 20.8 Å². The van der Waals surface area contributed by atoms with Crippen molar-refractivity contribution in [2.45, 2.75) is 72.1 Å². The molecule has 1 atom stereocenters. The van der Waals surface area contributed by atoms with E-state index in [1.165, 1.54) is 16.9 Å². The van der Waals surface area contributed by atoms with Gasteiger partial charge in [0.25, 0.3) is 5.56 Å². The monoisotopic (exact) mass is 401 g/mol. The number of rotatable bonds is 3. The van der Waals surface area contributed by atoms with Crippen LogP contribution < -0.4 is 5.56 Å². The quantitative estimate of drug-likeness (QED) is 0.843. The highest BCUT2D eigenvalue weighted by Crippen LogP contribution is 2.41. The van der Waals surface area contributed by atoms with E-state index in [4.69, 9.17) is 4.98 Å². The van der Waals surface area contributed by atoms with Gasteiger partial charge in [0, 0.05) is 30.8 Å². The van der Waals surface area contributed by atoms with E-state index in [0.717, 1.165) is 55.4 Å². The second-order valence-electron chi connectivity index (χ2n) is 9.44. The summed E-state index contributed by atoms with van der Waals surface area (Å²) in [4.78, 5) is 37.0. The number of amides is 1. The summed E-state index contributed by atoms with van der Waals surface area (Å²) in [5.74, 6) is 1.48. The zero-order valence-electron chi connectivity index (χ0n) is 17.3. The van der Waals surface area contributed by atoms with Crippen molar-refractivity contribution in [1.29, 1.82) is 0 Å². The molecule has 5 nitrogen and oxygen atoms in total. The number of likely N-dealkylation sites (tertiary alicyclic amines) is 1. The predicted molar refractivity (Wildman–Crippen MR) is 114 cm³/mol. The van der Waals surface area contributed by atoms with Gasteiger partial charge in [-0.15, -0.1) is 11.3 Å². The molecule has 0 saturated carbocycles. The maximum absolute atomic E-state index is 12.8. The maximum Gasteiger partial charge on any atom is 0.259 e. The smallest absolute Gasteiger partial charge is 0.259 e. The second-order valence-corrected chi connectivity index (χ2v) is 10.5. The fourth-order valence-corrected chi connectivity index (χ4v) is 5.93. The Morgan fingerprint density at radius 3 is 2.71 bits per heavy atom. The number of nitrogens with one attached hydrogen (secondary N) is 1. The third kappa shape index (κ3) is 3.88. The van der Waals surface area contributed by atoms with Crippen LogP contribution in [0.1, 0.15) is 69.1 Å². The number of hydrogen-bond acceptors (Lipinski definition) is 4. The van der Waals surface area contributed by atoms with Crippen LogP contribution in [0.2, 0.25) is 0 Å². The van der Waals surface area contributed by atoms with Crippen LogP contribution in [0.4, 0.5) is 0 Å². The fraction of sp³-hybridized carbons (Fsp3) is 0.682. The summed E-state index contributed by atoms with van der Waals surface area (Å²) in [5.41, 5.74) is 1.47. The number of carbonyl (C=O) groups excluding carboxylic acids is 1. The number of nitrogens with zero attached hydrogens (tertiary/aromatic N) is 2. The van der Waals surface area contributed by atoms with Gasteiger partial charge >= 0.3 is 0 Å². The van der Waals surface area contributed by atoms with Crippen LogP contribution in [0.5, 0.6) is 0 Å². The Hall–Kier alpha value is -1.69. The van der Waals surface area contributed by atoms with Gasteiger partial charge in [0.2, 0.25) is 5.91 Å². The zero-order valence-corrected chi connectivity index (χ0v) is 18.1. The van der Waals surface area contributed by atoms with Gasteiger partial charge in [-0.05, 0) is 55.4 Å². The Kier molecular flexibility index (Phi) is 5.34. The molecule has 0 radical (unpaired) electrons. The molecule has 152 valence electrons. The van der Waals surface area contributed by atoms with Crippen molar-refractivity contribution >= 4 is 27.5 Å². The first-order chi connectivity index (χ1) is 13.3. The fourth-order valence-electron chi connectivity index (χ4n) is 4.61. The van der Waals surface area contributed by atoms with Crippen molar-refractivity contribution in [3.05, 3.63) is 26.6 Å². The van der Waals surface area contributed by atoms with Crippen LogP contribution in [0.15, 0.2) is 4.79 Å². The number of carbonyl (C=O) groups is 1. The van der Waals surface area contributed by atoms with Crippen LogP contribution in [0.25, 0.3) is 10.2 Å². The van der Waals surface area contributed by atoms with Gasteiger partial charge in [-0.2, -0.15) is 0 Å². The number of thiophene rings is 1. The number of aromatic amines is 1. The highest BCUT2D eigenvalue weighted by Gasteiger charge is 2.31. The first-order valence-electron chi connectivity index (χ1n) is 10.6. The van der Waals surface area contributed by atoms with Crippen LogP contribution in [0, 0.1) is 11.3 Å². The van der Waals surface area contributed by atoms with Crippen LogP contribution >= 0.6 is 11.3 Å². The third-order valence-electron chi connectivity index (χ3n) is 6.48. The van der Waals surface area contributed by atoms with Gasteiger partial charge in [-0.25, -0.2) is 4.98 Å². The average Bonchev–Trinajstić information content (AvgIpc) is 3.04. The van der Waals surface area contributed by atoms with Crippen LogP contribution in [0.3, 0.4) is 0 Å². The minimum atomic E-state index is -0.0304. The molecule has 1 saturated heterocycles. The summed E-state index contributed by atoms with van der Waals surface area (Å²) in [7, 11) is 0. The molecule has 6 heteroatoms. The molecular formula is C22H31N3O2S. The second kappa shape index (κ2) is 7.62. The van der Waals surface area contributed by atoms with E-state index in [-0.39, 0.29) is 16.9 Å². The number of aryl methyl sites for hydroxylation is 2. The van der Waals surface area contributed by atoms with Gasteiger partial charge in [0.1, 0.15) is 10.7 Å². The largest absolute Gasteiger partial charge is 0.343 e. The molecule has 4 rings (SSSR count). The van der Waals surface area contributed by atoms with Crippen molar-refractivity contribution in [3.63, 3.8) is 0 Å². The third-order valence-corrected chi connectivity index (χ3v) is 7.63. The van der Waals surface area contributed by atoms with Crippen LogP contribution in [-0.2, 0) is 24.1 Å². The van der Waals surface area contributed by atoms with Gasteiger partial charge in [-0.3, -0.25) is 9.59 Å².